The summed E-state index contributed by atoms with van der Waals surface area (Å²) in [6, 6.07) is 9.45. The predicted octanol–water partition coefficient (Wildman–Crippen LogP) is 2.79. The third-order valence-electron chi connectivity index (χ3n) is 1.60. The molecule has 0 aromatic heterocycles. The minimum absolute atomic E-state index is 0.507. The number of hydrogen-bond acceptors (Lipinski definition) is 2. The zero-order valence-electron chi connectivity index (χ0n) is 7.81. The van der Waals surface area contributed by atoms with Crippen LogP contribution in [0.3, 0.4) is 0 Å². The van der Waals surface area contributed by atoms with Crippen molar-refractivity contribution in [3.05, 3.63) is 48.6 Å². The van der Waals surface area contributed by atoms with E-state index in [9.17, 15) is 0 Å². The maximum absolute atomic E-state index is 8.33. The zero-order valence-corrected chi connectivity index (χ0v) is 7.81. The average molecular weight is 185 g/mol. The number of allylic oxidation sites excluding steroid dienone is 1. The van der Waals surface area contributed by atoms with Gasteiger partial charge in [-0.3, -0.25) is 0 Å². The van der Waals surface area contributed by atoms with Gasteiger partial charge in [0, 0.05) is 6.08 Å². The molecule has 0 atom stereocenters. The van der Waals surface area contributed by atoms with Gasteiger partial charge in [-0.05, 0) is 23.8 Å². The van der Waals surface area contributed by atoms with Gasteiger partial charge in [-0.15, -0.1) is 0 Å². The Kier molecular flexibility index (Phi) is 4.03. The summed E-state index contributed by atoms with van der Waals surface area (Å²) in [5, 5.41) is 8.33. The van der Waals surface area contributed by atoms with Gasteiger partial charge in [0.1, 0.15) is 12.4 Å². The minimum atomic E-state index is 0.507. The van der Waals surface area contributed by atoms with Gasteiger partial charge >= 0.3 is 0 Å². The fourth-order valence-electron chi connectivity index (χ4n) is 0.964. The van der Waals surface area contributed by atoms with Crippen LogP contribution in [0, 0.1) is 11.3 Å². The Morgan fingerprint density at radius 1 is 1.36 bits per heavy atom. The number of rotatable bonds is 4. The molecule has 1 aromatic carbocycles. The van der Waals surface area contributed by atoms with Crippen molar-refractivity contribution in [2.45, 2.75) is 0 Å². The first-order valence-corrected chi connectivity index (χ1v) is 4.26. The van der Waals surface area contributed by atoms with E-state index in [1.807, 2.05) is 30.3 Å². The van der Waals surface area contributed by atoms with Crippen LogP contribution in [0.15, 0.2) is 43.0 Å². The van der Waals surface area contributed by atoms with Gasteiger partial charge in [0.2, 0.25) is 0 Å². The second kappa shape index (κ2) is 5.60. The Balaban J connectivity index is 2.64. The summed E-state index contributed by atoms with van der Waals surface area (Å²) in [6.45, 7) is 4.07. The van der Waals surface area contributed by atoms with Crippen LogP contribution in [0.5, 0.6) is 5.75 Å². The van der Waals surface area contributed by atoms with Crippen molar-refractivity contribution in [3.8, 4) is 11.8 Å². The molecule has 0 heterocycles. The molecule has 0 bridgehead atoms. The van der Waals surface area contributed by atoms with Crippen molar-refractivity contribution >= 4 is 6.08 Å². The van der Waals surface area contributed by atoms with E-state index in [0.717, 1.165) is 11.3 Å². The van der Waals surface area contributed by atoms with Crippen molar-refractivity contribution in [2.75, 3.05) is 6.61 Å². The monoisotopic (exact) mass is 185 g/mol. The molecule has 0 aliphatic carbocycles. The molecule has 1 rings (SSSR count). The lowest BCUT2D eigenvalue weighted by atomic mass is 10.2. The lowest BCUT2D eigenvalue weighted by molar-refractivity contribution is 0.363. The zero-order chi connectivity index (χ0) is 10.2. The standard InChI is InChI=1S/C12H11NO/c1-2-10-14-12-7-5-11(6-8-12)4-3-9-13/h2-8H,1,10H2. The molecule has 0 amide bonds. The van der Waals surface area contributed by atoms with Crippen molar-refractivity contribution in [3.63, 3.8) is 0 Å². The van der Waals surface area contributed by atoms with Gasteiger partial charge in [0.25, 0.3) is 0 Å². The molecule has 2 heteroatoms. The van der Waals surface area contributed by atoms with Gasteiger partial charge in [-0.1, -0.05) is 24.8 Å². The number of nitriles is 1. The minimum Gasteiger partial charge on any atom is -0.490 e. The average Bonchev–Trinajstić information content (AvgIpc) is 2.25. The molecule has 0 radical (unpaired) electrons. The molecule has 0 fully saturated rings. The molecular formula is C12H11NO. The van der Waals surface area contributed by atoms with Crippen molar-refractivity contribution in [1.29, 1.82) is 5.26 Å². The quantitative estimate of drug-likeness (QED) is 0.533. The summed E-state index contributed by atoms with van der Waals surface area (Å²) in [5.74, 6) is 0.805. The fourth-order valence-corrected chi connectivity index (χ4v) is 0.964. The van der Waals surface area contributed by atoms with Crippen molar-refractivity contribution < 1.29 is 4.74 Å². The molecule has 2 nitrogen and oxygen atoms in total. The van der Waals surface area contributed by atoms with Crippen LogP contribution in [-0.4, -0.2) is 6.61 Å². The van der Waals surface area contributed by atoms with E-state index < -0.39 is 0 Å². The first-order valence-electron chi connectivity index (χ1n) is 4.26. The largest absolute Gasteiger partial charge is 0.490 e. The van der Waals surface area contributed by atoms with Gasteiger partial charge in [0.05, 0.1) is 6.07 Å². The number of benzene rings is 1. The van der Waals surface area contributed by atoms with Crippen LogP contribution in [0.4, 0.5) is 0 Å². The molecule has 1 aromatic rings. The third kappa shape index (κ3) is 3.16. The van der Waals surface area contributed by atoms with E-state index in [0.29, 0.717) is 6.61 Å². The maximum atomic E-state index is 8.33. The van der Waals surface area contributed by atoms with Gasteiger partial charge in [-0.2, -0.15) is 5.26 Å². The van der Waals surface area contributed by atoms with E-state index in [1.165, 1.54) is 6.08 Å². The Morgan fingerprint density at radius 3 is 2.64 bits per heavy atom. The van der Waals surface area contributed by atoms with E-state index in [-0.39, 0.29) is 0 Å². The molecule has 0 saturated carbocycles. The first-order chi connectivity index (χ1) is 6.86. The summed E-state index contributed by atoms with van der Waals surface area (Å²) in [6.07, 6.45) is 4.89. The van der Waals surface area contributed by atoms with Gasteiger partial charge in [0.15, 0.2) is 0 Å². The van der Waals surface area contributed by atoms with Gasteiger partial charge in [-0.25, -0.2) is 0 Å². The SMILES string of the molecule is C=CCOc1ccc(C=CC#N)cc1. The fraction of sp³-hybridized carbons (Fsp3) is 0.0833. The molecular weight excluding hydrogens is 174 g/mol. The molecule has 0 unspecified atom stereocenters. The highest BCUT2D eigenvalue weighted by molar-refractivity contribution is 5.52. The molecule has 70 valence electrons. The summed E-state index contributed by atoms with van der Waals surface area (Å²) in [7, 11) is 0. The molecule has 14 heavy (non-hydrogen) atoms. The normalized spacial score (nSPS) is 9.64. The highest BCUT2D eigenvalue weighted by Crippen LogP contribution is 2.12. The topological polar surface area (TPSA) is 33.0 Å². The second-order valence-electron chi connectivity index (χ2n) is 2.63. The molecule has 0 aliphatic rings. The van der Waals surface area contributed by atoms with Crippen LogP contribution < -0.4 is 4.74 Å². The van der Waals surface area contributed by atoms with E-state index >= 15 is 0 Å². The Morgan fingerprint density at radius 2 is 2.07 bits per heavy atom. The number of ether oxygens (including phenoxy) is 1. The molecule has 0 saturated heterocycles. The lowest BCUT2D eigenvalue weighted by Gasteiger charge is -2.02. The third-order valence-corrected chi connectivity index (χ3v) is 1.60. The van der Waals surface area contributed by atoms with E-state index in [4.69, 9.17) is 10.00 Å². The summed E-state index contributed by atoms with van der Waals surface area (Å²) in [5.41, 5.74) is 0.984. The summed E-state index contributed by atoms with van der Waals surface area (Å²) >= 11 is 0. The van der Waals surface area contributed by atoms with Crippen LogP contribution in [0.1, 0.15) is 5.56 Å². The Hall–Kier alpha value is -2.01. The van der Waals surface area contributed by atoms with Crippen molar-refractivity contribution in [1.82, 2.24) is 0 Å². The second-order valence-corrected chi connectivity index (χ2v) is 2.63. The number of hydrogen-bond donors (Lipinski definition) is 0. The first kappa shape index (κ1) is 10.1. The lowest BCUT2D eigenvalue weighted by Crippen LogP contribution is -1.91. The van der Waals surface area contributed by atoms with Crippen LogP contribution in [0.2, 0.25) is 0 Å². The Labute approximate surface area is 83.7 Å². The predicted molar refractivity (Wildman–Crippen MR) is 56.8 cm³/mol. The molecule has 0 aliphatic heterocycles. The highest BCUT2D eigenvalue weighted by atomic mass is 16.5. The molecule has 0 N–H and O–H groups in total. The van der Waals surface area contributed by atoms with Crippen LogP contribution >= 0.6 is 0 Å². The maximum Gasteiger partial charge on any atom is 0.119 e. The summed E-state index contributed by atoms with van der Waals surface area (Å²) < 4.78 is 5.31. The van der Waals surface area contributed by atoms with Gasteiger partial charge < -0.3 is 4.74 Å². The Bertz CT molecular complexity index is 357. The van der Waals surface area contributed by atoms with E-state index in [1.54, 1.807) is 12.2 Å². The van der Waals surface area contributed by atoms with Crippen LogP contribution in [0.25, 0.3) is 6.08 Å². The smallest absolute Gasteiger partial charge is 0.119 e. The highest BCUT2D eigenvalue weighted by Gasteiger charge is 1.90. The molecule has 0 spiro atoms. The number of nitrogens with zero attached hydrogens (tertiary/aromatic N) is 1. The van der Waals surface area contributed by atoms with Crippen LogP contribution in [-0.2, 0) is 0 Å². The van der Waals surface area contributed by atoms with E-state index in [2.05, 4.69) is 6.58 Å². The van der Waals surface area contributed by atoms with Crippen molar-refractivity contribution in [2.24, 2.45) is 0 Å². The summed E-state index contributed by atoms with van der Waals surface area (Å²) in [4.78, 5) is 0.